The molecule has 1 aliphatic rings. The summed E-state index contributed by atoms with van der Waals surface area (Å²) in [6, 6.07) is 6.61. The van der Waals surface area contributed by atoms with E-state index in [9.17, 15) is 13.2 Å². The molecule has 1 aliphatic carbocycles. The van der Waals surface area contributed by atoms with Crippen molar-refractivity contribution in [3.05, 3.63) is 40.5 Å². The number of benzene rings is 1. The van der Waals surface area contributed by atoms with E-state index in [2.05, 4.69) is 39.0 Å². The van der Waals surface area contributed by atoms with Crippen LogP contribution in [0.15, 0.2) is 23.8 Å². The SMILES string of the molecule is CC1=C(CCCCCOC=O)c2ccc(C)cc2C1(C)CCCCS(=O)(=O)O. The summed E-state index contributed by atoms with van der Waals surface area (Å²) in [4.78, 5) is 10.2. The molecule has 0 heterocycles. The van der Waals surface area contributed by atoms with Gasteiger partial charge in [0.1, 0.15) is 0 Å². The van der Waals surface area contributed by atoms with Crippen molar-refractivity contribution in [2.75, 3.05) is 12.4 Å². The molecule has 0 fully saturated rings. The van der Waals surface area contributed by atoms with Crippen LogP contribution < -0.4 is 0 Å². The number of hydrogen-bond donors (Lipinski definition) is 1. The Morgan fingerprint density at radius 3 is 2.54 bits per heavy atom. The largest absolute Gasteiger partial charge is 0.468 e. The third kappa shape index (κ3) is 5.67. The Hall–Kier alpha value is -1.66. The molecule has 28 heavy (non-hydrogen) atoms. The van der Waals surface area contributed by atoms with Crippen LogP contribution in [0.3, 0.4) is 0 Å². The van der Waals surface area contributed by atoms with Gasteiger partial charge < -0.3 is 4.74 Å². The average Bonchev–Trinajstić information content (AvgIpc) is 2.82. The molecule has 1 atom stereocenters. The molecule has 0 saturated heterocycles. The minimum absolute atomic E-state index is 0.101. The normalized spacial score (nSPS) is 19.0. The van der Waals surface area contributed by atoms with Crippen LogP contribution in [0.25, 0.3) is 5.57 Å². The fourth-order valence-electron chi connectivity index (χ4n) is 4.23. The van der Waals surface area contributed by atoms with E-state index in [0.29, 0.717) is 19.5 Å². The average molecular weight is 409 g/mol. The van der Waals surface area contributed by atoms with Gasteiger partial charge in [-0.3, -0.25) is 9.35 Å². The number of hydrogen-bond acceptors (Lipinski definition) is 4. The van der Waals surface area contributed by atoms with Crippen molar-refractivity contribution in [3.8, 4) is 0 Å². The van der Waals surface area contributed by atoms with Gasteiger partial charge in [-0.15, -0.1) is 0 Å². The first-order valence-corrected chi connectivity index (χ1v) is 11.6. The van der Waals surface area contributed by atoms with Crippen molar-refractivity contribution in [2.24, 2.45) is 0 Å². The molecule has 156 valence electrons. The highest BCUT2D eigenvalue weighted by Crippen LogP contribution is 2.50. The van der Waals surface area contributed by atoms with Crippen molar-refractivity contribution in [3.63, 3.8) is 0 Å². The predicted octanol–water partition coefficient (Wildman–Crippen LogP) is 4.83. The van der Waals surface area contributed by atoms with Crippen LogP contribution in [0, 0.1) is 6.92 Å². The third-order valence-corrected chi connectivity index (χ3v) is 6.77. The van der Waals surface area contributed by atoms with E-state index < -0.39 is 10.1 Å². The zero-order chi connectivity index (χ0) is 20.8. The highest BCUT2D eigenvalue weighted by molar-refractivity contribution is 7.85. The van der Waals surface area contributed by atoms with E-state index in [1.165, 1.54) is 27.8 Å². The number of fused-ring (bicyclic) bond motifs is 1. The van der Waals surface area contributed by atoms with Crippen molar-refractivity contribution in [1.29, 1.82) is 0 Å². The molecule has 1 aromatic rings. The number of allylic oxidation sites excluding steroid dienone is 2. The maximum Gasteiger partial charge on any atom is 0.293 e. The van der Waals surface area contributed by atoms with Crippen LogP contribution in [0.5, 0.6) is 0 Å². The summed E-state index contributed by atoms with van der Waals surface area (Å²) < 4.78 is 35.7. The molecule has 5 nitrogen and oxygen atoms in total. The maximum atomic E-state index is 11.0. The van der Waals surface area contributed by atoms with Crippen LogP contribution in [-0.4, -0.2) is 31.8 Å². The van der Waals surface area contributed by atoms with Gasteiger partial charge in [0.2, 0.25) is 0 Å². The number of rotatable bonds is 12. The lowest BCUT2D eigenvalue weighted by atomic mass is 9.75. The van der Waals surface area contributed by atoms with Gasteiger partial charge in [0.15, 0.2) is 0 Å². The monoisotopic (exact) mass is 408 g/mol. The first-order valence-electron chi connectivity index (χ1n) is 10.0. The molecule has 0 amide bonds. The molecule has 0 bridgehead atoms. The van der Waals surface area contributed by atoms with Gasteiger partial charge in [-0.1, -0.05) is 42.7 Å². The molecule has 6 heteroatoms. The fourth-order valence-corrected chi connectivity index (χ4v) is 4.80. The zero-order valence-corrected chi connectivity index (χ0v) is 18.0. The summed E-state index contributed by atoms with van der Waals surface area (Å²) in [5.74, 6) is -0.178. The number of ether oxygens (including phenoxy) is 1. The number of carbonyl (C=O) groups excluding carboxylic acids is 1. The first-order chi connectivity index (χ1) is 13.2. The molecule has 0 spiro atoms. The van der Waals surface area contributed by atoms with Crippen LogP contribution in [0.4, 0.5) is 0 Å². The molecule has 0 aliphatic heterocycles. The maximum absolute atomic E-state index is 11.0. The Morgan fingerprint density at radius 1 is 1.11 bits per heavy atom. The molecule has 1 unspecified atom stereocenters. The molecular formula is C22H32O5S. The number of carbonyl (C=O) groups is 1. The van der Waals surface area contributed by atoms with Gasteiger partial charge in [-0.2, -0.15) is 8.42 Å². The molecule has 0 radical (unpaired) electrons. The second kappa shape index (κ2) is 9.70. The van der Waals surface area contributed by atoms with Crippen molar-refractivity contribution < 1.29 is 22.5 Å². The van der Waals surface area contributed by atoms with Crippen LogP contribution in [-0.2, 0) is 25.1 Å². The van der Waals surface area contributed by atoms with Crippen molar-refractivity contribution >= 4 is 22.2 Å². The van der Waals surface area contributed by atoms with Gasteiger partial charge in [-0.05, 0) is 69.1 Å². The fraction of sp³-hybridized carbons (Fsp3) is 0.591. The van der Waals surface area contributed by atoms with E-state index >= 15 is 0 Å². The second-order valence-electron chi connectivity index (χ2n) is 8.01. The van der Waals surface area contributed by atoms with Gasteiger partial charge in [0.05, 0.1) is 12.4 Å². The smallest absolute Gasteiger partial charge is 0.293 e. The number of unbranched alkanes of at least 4 members (excludes halogenated alkanes) is 3. The van der Waals surface area contributed by atoms with Crippen molar-refractivity contribution in [2.45, 2.75) is 71.1 Å². The lowest BCUT2D eigenvalue weighted by Gasteiger charge is -2.29. The topological polar surface area (TPSA) is 80.7 Å². The molecule has 2 rings (SSSR count). The Bertz CT molecular complexity index is 825. The van der Waals surface area contributed by atoms with Gasteiger partial charge in [-0.25, -0.2) is 0 Å². The quantitative estimate of drug-likeness (QED) is 0.304. The molecular weight excluding hydrogens is 376 g/mol. The Balaban J connectivity index is 2.11. The highest BCUT2D eigenvalue weighted by Gasteiger charge is 2.38. The predicted molar refractivity (Wildman–Crippen MR) is 112 cm³/mol. The highest BCUT2D eigenvalue weighted by atomic mass is 32.2. The lowest BCUT2D eigenvalue weighted by Crippen LogP contribution is -2.21. The molecule has 1 N–H and O–H groups in total. The lowest BCUT2D eigenvalue weighted by molar-refractivity contribution is -0.128. The van der Waals surface area contributed by atoms with Crippen LogP contribution >= 0.6 is 0 Å². The minimum Gasteiger partial charge on any atom is -0.468 e. The minimum atomic E-state index is -3.90. The summed E-state index contributed by atoms with van der Waals surface area (Å²) in [7, 11) is -3.90. The summed E-state index contributed by atoms with van der Waals surface area (Å²) in [5.41, 5.74) is 6.52. The van der Waals surface area contributed by atoms with E-state index in [0.717, 1.165) is 38.5 Å². The van der Waals surface area contributed by atoms with Crippen LogP contribution in [0.2, 0.25) is 0 Å². The third-order valence-electron chi connectivity index (χ3n) is 5.96. The first kappa shape index (κ1) is 22.6. The standard InChI is InChI=1S/C22H32O5S/c1-17-10-11-20-19(9-5-4-7-13-27-16-23)18(2)22(3,21(20)15-17)12-6-8-14-28(24,25)26/h10-11,15-16H,4-9,12-14H2,1-3H3,(H,24,25,26). The van der Waals surface area contributed by atoms with Gasteiger partial charge in [0.25, 0.3) is 16.6 Å². The van der Waals surface area contributed by atoms with E-state index in [1.54, 1.807) is 0 Å². The molecule has 0 aromatic heterocycles. The summed E-state index contributed by atoms with van der Waals surface area (Å²) in [5, 5.41) is 0. The van der Waals surface area contributed by atoms with E-state index in [4.69, 9.17) is 9.29 Å². The summed E-state index contributed by atoms with van der Waals surface area (Å²) in [6.07, 6.45) is 5.99. The Kier molecular flexibility index (Phi) is 7.84. The molecule has 1 aromatic carbocycles. The van der Waals surface area contributed by atoms with E-state index in [1.807, 2.05) is 0 Å². The Morgan fingerprint density at radius 2 is 1.86 bits per heavy atom. The second-order valence-corrected chi connectivity index (χ2v) is 9.58. The summed E-state index contributed by atoms with van der Waals surface area (Å²) >= 11 is 0. The van der Waals surface area contributed by atoms with E-state index in [-0.39, 0.29) is 11.2 Å². The van der Waals surface area contributed by atoms with Crippen molar-refractivity contribution in [1.82, 2.24) is 0 Å². The number of aryl methyl sites for hydroxylation is 1. The molecule has 0 saturated carbocycles. The summed E-state index contributed by atoms with van der Waals surface area (Å²) in [6.45, 7) is 7.51. The zero-order valence-electron chi connectivity index (χ0n) is 17.2. The van der Waals surface area contributed by atoms with Crippen LogP contribution in [0.1, 0.15) is 75.5 Å². The van der Waals surface area contributed by atoms with Gasteiger partial charge >= 0.3 is 0 Å². The Labute approximate surface area is 168 Å². The van der Waals surface area contributed by atoms with Gasteiger partial charge in [0, 0.05) is 5.41 Å².